The molecule has 2 rings (SSSR count). The second-order valence-electron chi connectivity index (χ2n) is 6.86. The zero-order valence-corrected chi connectivity index (χ0v) is 12.9. The van der Waals surface area contributed by atoms with Gasteiger partial charge < -0.3 is 15.4 Å². The van der Waals surface area contributed by atoms with Crippen LogP contribution in [0.1, 0.15) is 43.5 Å². The molecule has 0 fully saturated rings. The van der Waals surface area contributed by atoms with Crippen molar-refractivity contribution in [2.45, 2.75) is 45.2 Å². The Balaban J connectivity index is 2.63. The summed E-state index contributed by atoms with van der Waals surface area (Å²) in [5.41, 5.74) is 10.1. The van der Waals surface area contributed by atoms with E-state index in [9.17, 15) is 0 Å². The predicted molar refractivity (Wildman–Crippen MR) is 79.8 cm³/mol. The van der Waals surface area contributed by atoms with E-state index in [-0.39, 0.29) is 17.5 Å². The molecule has 0 saturated carbocycles. The Morgan fingerprint density at radius 3 is 2.42 bits per heavy atom. The van der Waals surface area contributed by atoms with Crippen LogP contribution in [0.3, 0.4) is 0 Å². The largest absolute Gasteiger partial charge is 0.491 e. The first kappa shape index (κ1) is 14.4. The normalized spacial score (nSPS) is 23.2. The first-order chi connectivity index (χ1) is 8.71. The summed E-state index contributed by atoms with van der Waals surface area (Å²) in [7, 11) is 4.16. The van der Waals surface area contributed by atoms with Crippen molar-refractivity contribution in [1.29, 1.82) is 0 Å². The van der Waals surface area contributed by atoms with Crippen molar-refractivity contribution in [2.75, 3.05) is 20.7 Å². The highest BCUT2D eigenvalue weighted by atomic mass is 16.5. The molecule has 1 aliphatic heterocycles. The van der Waals surface area contributed by atoms with Gasteiger partial charge in [0.2, 0.25) is 0 Å². The van der Waals surface area contributed by atoms with Crippen LogP contribution in [-0.2, 0) is 5.41 Å². The van der Waals surface area contributed by atoms with E-state index in [4.69, 9.17) is 10.5 Å². The number of fused-ring (bicyclic) bond motifs is 1. The minimum atomic E-state index is 0.0251. The molecule has 0 bridgehead atoms. The zero-order valence-electron chi connectivity index (χ0n) is 12.9. The molecule has 0 saturated heterocycles. The van der Waals surface area contributed by atoms with Crippen LogP contribution in [0, 0.1) is 6.92 Å². The van der Waals surface area contributed by atoms with E-state index < -0.39 is 0 Å². The smallest absolute Gasteiger partial charge is 0.127 e. The van der Waals surface area contributed by atoms with Crippen molar-refractivity contribution in [2.24, 2.45) is 5.73 Å². The monoisotopic (exact) mass is 262 g/mol. The second-order valence-corrected chi connectivity index (χ2v) is 6.86. The fourth-order valence-electron chi connectivity index (χ4n) is 2.90. The van der Waals surface area contributed by atoms with E-state index in [1.54, 1.807) is 0 Å². The first-order valence-corrected chi connectivity index (χ1v) is 6.91. The molecule has 2 N–H and O–H groups in total. The van der Waals surface area contributed by atoms with Gasteiger partial charge in [-0.15, -0.1) is 0 Å². The van der Waals surface area contributed by atoms with Gasteiger partial charge in [-0.3, -0.25) is 0 Å². The quantitative estimate of drug-likeness (QED) is 0.845. The lowest BCUT2D eigenvalue weighted by atomic mass is 9.81. The van der Waals surface area contributed by atoms with Crippen LogP contribution in [-0.4, -0.2) is 31.6 Å². The Morgan fingerprint density at radius 2 is 1.89 bits per heavy atom. The molecule has 1 aliphatic rings. The fraction of sp³-hybridized carbons (Fsp3) is 0.625. The van der Waals surface area contributed by atoms with Gasteiger partial charge >= 0.3 is 0 Å². The summed E-state index contributed by atoms with van der Waals surface area (Å²) in [6, 6.07) is 4.71. The highest BCUT2D eigenvalue weighted by Gasteiger charge is 2.34. The molecular weight excluding hydrogens is 236 g/mol. The van der Waals surface area contributed by atoms with Crippen molar-refractivity contribution in [3.8, 4) is 5.75 Å². The van der Waals surface area contributed by atoms with Gasteiger partial charge in [-0.2, -0.15) is 0 Å². The Bertz CT molecular complexity index is 474. The summed E-state index contributed by atoms with van der Waals surface area (Å²) >= 11 is 0. The molecule has 19 heavy (non-hydrogen) atoms. The van der Waals surface area contributed by atoms with Crippen LogP contribution in [0.4, 0.5) is 0 Å². The molecule has 3 nitrogen and oxygen atoms in total. The van der Waals surface area contributed by atoms with E-state index >= 15 is 0 Å². The Kier molecular flexibility index (Phi) is 3.63. The lowest BCUT2D eigenvalue weighted by Gasteiger charge is -2.38. The molecule has 2 atom stereocenters. The molecule has 0 spiro atoms. The predicted octanol–water partition coefficient (Wildman–Crippen LogP) is 2.61. The minimum absolute atomic E-state index is 0.0251. The van der Waals surface area contributed by atoms with Crippen molar-refractivity contribution in [1.82, 2.24) is 4.90 Å². The number of likely N-dealkylation sites (N-methyl/N-ethyl adjacent to an activating group) is 1. The van der Waals surface area contributed by atoms with E-state index in [0.717, 1.165) is 5.75 Å². The molecule has 3 heteroatoms. The molecule has 2 unspecified atom stereocenters. The minimum Gasteiger partial charge on any atom is -0.491 e. The summed E-state index contributed by atoms with van der Waals surface area (Å²) in [6.45, 7) is 9.41. The summed E-state index contributed by atoms with van der Waals surface area (Å²) < 4.78 is 5.98. The van der Waals surface area contributed by atoms with Crippen LogP contribution in [0.15, 0.2) is 12.1 Å². The Hall–Kier alpha value is -1.06. The van der Waals surface area contributed by atoms with Crippen LogP contribution in [0.5, 0.6) is 5.75 Å². The Labute approximate surface area is 116 Å². The van der Waals surface area contributed by atoms with Gasteiger partial charge in [-0.25, -0.2) is 0 Å². The average Bonchev–Trinajstić information content (AvgIpc) is 2.25. The molecular formula is C16H26N2O. The number of aryl methyl sites for hydroxylation is 1. The third kappa shape index (κ3) is 2.63. The standard InChI is InChI=1S/C16H26N2O/c1-10-7-11-14(18(5)6)13(17)9-19-15(11)12(8-10)16(2,3)4/h7-8,13-14H,9,17H2,1-6H3. The van der Waals surface area contributed by atoms with Crippen LogP contribution >= 0.6 is 0 Å². The van der Waals surface area contributed by atoms with Gasteiger partial charge in [0.05, 0.1) is 12.1 Å². The second kappa shape index (κ2) is 4.80. The molecule has 1 aromatic carbocycles. The topological polar surface area (TPSA) is 38.5 Å². The number of ether oxygens (including phenoxy) is 1. The number of hydrogen-bond acceptors (Lipinski definition) is 3. The first-order valence-electron chi connectivity index (χ1n) is 6.91. The van der Waals surface area contributed by atoms with Crippen LogP contribution in [0.25, 0.3) is 0 Å². The van der Waals surface area contributed by atoms with E-state index in [1.807, 2.05) is 0 Å². The number of nitrogens with zero attached hydrogens (tertiary/aromatic N) is 1. The SMILES string of the molecule is Cc1cc2c(c(C(C)(C)C)c1)OCC(N)C2N(C)C. The maximum atomic E-state index is 6.24. The van der Waals surface area contributed by atoms with E-state index in [1.165, 1.54) is 16.7 Å². The average molecular weight is 262 g/mol. The molecule has 1 heterocycles. The summed E-state index contributed by atoms with van der Waals surface area (Å²) in [6.07, 6.45) is 0. The molecule has 0 aliphatic carbocycles. The molecule has 1 aromatic rings. The molecule has 0 radical (unpaired) electrons. The number of benzene rings is 1. The lowest BCUT2D eigenvalue weighted by Crippen LogP contribution is -2.44. The molecule has 106 valence electrons. The lowest BCUT2D eigenvalue weighted by molar-refractivity contribution is 0.159. The van der Waals surface area contributed by atoms with Gasteiger partial charge in [0, 0.05) is 11.1 Å². The van der Waals surface area contributed by atoms with Crippen LogP contribution in [0.2, 0.25) is 0 Å². The van der Waals surface area contributed by atoms with Gasteiger partial charge in [-0.05, 0) is 26.4 Å². The Morgan fingerprint density at radius 1 is 1.26 bits per heavy atom. The van der Waals surface area contributed by atoms with Gasteiger partial charge in [0.25, 0.3) is 0 Å². The summed E-state index contributed by atoms with van der Waals surface area (Å²) in [5, 5.41) is 0. The fourth-order valence-corrected chi connectivity index (χ4v) is 2.90. The van der Waals surface area contributed by atoms with Gasteiger partial charge in [-0.1, -0.05) is 38.5 Å². The van der Waals surface area contributed by atoms with E-state index in [2.05, 4.69) is 58.8 Å². The maximum Gasteiger partial charge on any atom is 0.127 e. The van der Waals surface area contributed by atoms with Gasteiger partial charge in [0.1, 0.15) is 12.4 Å². The van der Waals surface area contributed by atoms with Gasteiger partial charge in [0.15, 0.2) is 0 Å². The highest BCUT2D eigenvalue weighted by molar-refractivity contribution is 5.50. The maximum absolute atomic E-state index is 6.24. The summed E-state index contributed by atoms with van der Waals surface area (Å²) in [4.78, 5) is 2.19. The van der Waals surface area contributed by atoms with Crippen molar-refractivity contribution >= 4 is 0 Å². The van der Waals surface area contributed by atoms with Crippen molar-refractivity contribution in [3.63, 3.8) is 0 Å². The van der Waals surface area contributed by atoms with Crippen LogP contribution < -0.4 is 10.5 Å². The van der Waals surface area contributed by atoms with E-state index in [0.29, 0.717) is 6.61 Å². The summed E-state index contributed by atoms with van der Waals surface area (Å²) in [5.74, 6) is 1.04. The number of nitrogens with two attached hydrogens (primary N) is 1. The molecule has 0 aromatic heterocycles. The molecule has 0 amide bonds. The third-order valence-corrected chi connectivity index (χ3v) is 3.77. The highest BCUT2D eigenvalue weighted by Crippen LogP contribution is 2.42. The van der Waals surface area contributed by atoms with Crippen molar-refractivity contribution < 1.29 is 4.74 Å². The number of hydrogen-bond donors (Lipinski definition) is 1. The zero-order chi connectivity index (χ0) is 14.4. The third-order valence-electron chi connectivity index (χ3n) is 3.77. The van der Waals surface area contributed by atoms with Crippen molar-refractivity contribution in [3.05, 3.63) is 28.8 Å². The number of rotatable bonds is 1.